The van der Waals surface area contributed by atoms with E-state index in [1.807, 2.05) is 41.9 Å². The van der Waals surface area contributed by atoms with Crippen molar-refractivity contribution in [3.8, 4) is 5.69 Å². The molecule has 5 nitrogen and oxygen atoms in total. The zero-order valence-electron chi connectivity index (χ0n) is 12.7. The number of esters is 1. The van der Waals surface area contributed by atoms with Gasteiger partial charge in [-0.3, -0.25) is 4.79 Å². The molecule has 0 radical (unpaired) electrons. The maximum absolute atomic E-state index is 11.1. The third kappa shape index (κ3) is 3.70. The lowest BCUT2D eigenvalue weighted by Gasteiger charge is -2.06. The molecular weight excluding hydrogens is 266 g/mol. The number of rotatable bonds is 6. The van der Waals surface area contributed by atoms with E-state index < -0.39 is 0 Å². The highest BCUT2D eigenvalue weighted by Gasteiger charge is 2.12. The molecule has 0 unspecified atom stereocenters. The number of nitrogens with zero attached hydrogens (tertiary/aromatic N) is 2. The Labute approximate surface area is 124 Å². The predicted molar refractivity (Wildman–Crippen MR) is 81.4 cm³/mol. The lowest BCUT2D eigenvalue weighted by Crippen LogP contribution is -2.19. The molecule has 5 heteroatoms. The number of nitrogens with one attached hydrogen (secondary N) is 1. The number of ether oxygens (including phenoxy) is 1. The lowest BCUT2D eigenvalue weighted by atomic mass is 10.2. The van der Waals surface area contributed by atoms with Gasteiger partial charge in [0, 0.05) is 24.3 Å². The van der Waals surface area contributed by atoms with Crippen molar-refractivity contribution in [2.24, 2.45) is 0 Å². The molecule has 0 fully saturated rings. The maximum Gasteiger partial charge on any atom is 0.306 e. The van der Waals surface area contributed by atoms with Gasteiger partial charge in [0.2, 0.25) is 0 Å². The summed E-state index contributed by atoms with van der Waals surface area (Å²) in [5, 5.41) is 7.85. The minimum atomic E-state index is -0.198. The highest BCUT2D eigenvalue weighted by molar-refractivity contribution is 5.69. The van der Waals surface area contributed by atoms with Crippen LogP contribution < -0.4 is 5.32 Å². The van der Waals surface area contributed by atoms with Crippen molar-refractivity contribution < 1.29 is 9.53 Å². The molecule has 0 atom stereocenters. The average Bonchev–Trinajstić information content (AvgIpc) is 2.79. The standard InChI is InChI=1S/C16H21N3O2/c1-12-15(11-17-10-9-16(20)21-3)13(2)19(18-12)14-7-5-4-6-8-14/h4-8,17H,9-11H2,1-3H3. The molecule has 0 saturated carbocycles. The zero-order chi connectivity index (χ0) is 15.2. The second kappa shape index (κ2) is 7.04. The molecule has 0 saturated heterocycles. The van der Waals surface area contributed by atoms with Crippen molar-refractivity contribution in [3.05, 3.63) is 47.3 Å². The number of para-hydroxylation sites is 1. The first-order valence-corrected chi connectivity index (χ1v) is 7.01. The Morgan fingerprint density at radius 2 is 2.00 bits per heavy atom. The quantitative estimate of drug-likeness (QED) is 0.653. The highest BCUT2D eigenvalue weighted by atomic mass is 16.5. The summed E-state index contributed by atoms with van der Waals surface area (Å²) in [5.41, 5.74) is 4.34. The Kier molecular flexibility index (Phi) is 5.11. The van der Waals surface area contributed by atoms with E-state index in [0.717, 1.165) is 17.1 Å². The van der Waals surface area contributed by atoms with Crippen LogP contribution >= 0.6 is 0 Å². The molecule has 2 aromatic rings. The molecule has 0 aliphatic carbocycles. The van der Waals surface area contributed by atoms with Crippen molar-refractivity contribution >= 4 is 5.97 Å². The summed E-state index contributed by atoms with van der Waals surface area (Å²) >= 11 is 0. The van der Waals surface area contributed by atoms with Gasteiger partial charge in [-0.2, -0.15) is 5.10 Å². The van der Waals surface area contributed by atoms with Gasteiger partial charge in [0.05, 0.1) is 24.9 Å². The molecule has 0 spiro atoms. The summed E-state index contributed by atoms with van der Waals surface area (Å²) in [6.45, 7) is 5.36. The molecule has 1 N–H and O–H groups in total. The molecule has 0 amide bonds. The van der Waals surface area contributed by atoms with Crippen LogP contribution in [-0.4, -0.2) is 29.4 Å². The zero-order valence-corrected chi connectivity index (χ0v) is 12.7. The molecule has 0 bridgehead atoms. The minimum Gasteiger partial charge on any atom is -0.469 e. The fourth-order valence-electron chi connectivity index (χ4n) is 2.26. The molecule has 0 aliphatic rings. The Morgan fingerprint density at radius 3 is 2.67 bits per heavy atom. The van der Waals surface area contributed by atoms with Crippen molar-refractivity contribution in [2.75, 3.05) is 13.7 Å². The molecule has 1 heterocycles. The number of carbonyl (C=O) groups is 1. The molecule has 1 aromatic carbocycles. The first-order chi connectivity index (χ1) is 10.1. The first kappa shape index (κ1) is 15.3. The normalized spacial score (nSPS) is 10.6. The number of aryl methyl sites for hydroxylation is 1. The monoisotopic (exact) mass is 287 g/mol. The van der Waals surface area contributed by atoms with Crippen molar-refractivity contribution in [1.82, 2.24) is 15.1 Å². The summed E-state index contributed by atoms with van der Waals surface area (Å²) in [6.07, 6.45) is 0.376. The van der Waals surface area contributed by atoms with Crippen LogP contribution in [0.2, 0.25) is 0 Å². The molecule has 112 valence electrons. The maximum atomic E-state index is 11.1. The fourth-order valence-corrected chi connectivity index (χ4v) is 2.26. The second-order valence-corrected chi connectivity index (χ2v) is 4.90. The third-order valence-corrected chi connectivity index (χ3v) is 3.48. The number of aromatic nitrogens is 2. The molecule has 2 rings (SSSR count). The Balaban J connectivity index is 2.04. The number of carbonyl (C=O) groups excluding carboxylic acids is 1. The van der Waals surface area contributed by atoms with Gasteiger partial charge >= 0.3 is 5.97 Å². The van der Waals surface area contributed by atoms with E-state index >= 15 is 0 Å². The van der Waals surface area contributed by atoms with E-state index in [2.05, 4.69) is 22.1 Å². The van der Waals surface area contributed by atoms with Crippen LogP contribution in [0, 0.1) is 13.8 Å². The van der Waals surface area contributed by atoms with Crippen molar-refractivity contribution in [1.29, 1.82) is 0 Å². The van der Waals surface area contributed by atoms with E-state index in [-0.39, 0.29) is 5.97 Å². The van der Waals surface area contributed by atoms with Crippen molar-refractivity contribution in [2.45, 2.75) is 26.8 Å². The molecule has 0 aliphatic heterocycles. The fraction of sp³-hybridized carbons (Fsp3) is 0.375. The van der Waals surface area contributed by atoms with Gasteiger partial charge in [0.15, 0.2) is 0 Å². The SMILES string of the molecule is COC(=O)CCNCc1c(C)nn(-c2ccccc2)c1C. The van der Waals surface area contributed by atoms with Gasteiger partial charge in [-0.25, -0.2) is 4.68 Å². The van der Waals surface area contributed by atoms with Crippen LogP contribution in [0.4, 0.5) is 0 Å². The van der Waals surface area contributed by atoms with Gasteiger partial charge in [0.1, 0.15) is 0 Å². The summed E-state index contributed by atoms with van der Waals surface area (Å²) in [7, 11) is 1.40. The highest BCUT2D eigenvalue weighted by Crippen LogP contribution is 2.17. The van der Waals surface area contributed by atoms with Gasteiger partial charge in [-0.15, -0.1) is 0 Å². The van der Waals surface area contributed by atoms with E-state index in [0.29, 0.717) is 19.5 Å². The summed E-state index contributed by atoms with van der Waals surface area (Å²) < 4.78 is 6.57. The summed E-state index contributed by atoms with van der Waals surface area (Å²) in [5.74, 6) is -0.198. The van der Waals surface area contributed by atoms with Gasteiger partial charge in [0.25, 0.3) is 0 Å². The van der Waals surface area contributed by atoms with E-state index in [1.54, 1.807) is 0 Å². The third-order valence-electron chi connectivity index (χ3n) is 3.48. The molecular formula is C16H21N3O2. The summed E-state index contributed by atoms with van der Waals surface area (Å²) in [4.78, 5) is 11.1. The first-order valence-electron chi connectivity index (χ1n) is 7.01. The average molecular weight is 287 g/mol. The number of hydrogen-bond donors (Lipinski definition) is 1. The largest absolute Gasteiger partial charge is 0.469 e. The van der Waals surface area contributed by atoms with Crippen LogP contribution in [-0.2, 0) is 16.1 Å². The van der Waals surface area contributed by atoms with Crippen LogP contribution in [0.1, 0.15) is 23.4 Å². The van der Waals surface area contributed by atoms with Crippen LogP contribution in [0.5, 0.6) is 0 Å². The Hall–Kier alpha value is -2.14. The Bertz CT molecular complexity index is 605. The second-order valence-electron chi connectivity index (χ2n) is 4.90. The van der Waals surface area contributed by atoms with Gasteiger partial charge in [-0.1, -0.05) is 18.2 Å². The topological polar surface area (TPSA) is 56.1 Å². The minimum absolute atomic E-state index is 0.198. The number of benzene rings is 1. The smallest absolute Gasteiger partial charge is 0.306 e. The Morgan fingerprint density at radius 1 is 1.29 bits per heavy atom. The van der Waals surface area contributed by atoms with Gasteiger partial charge in [-0.05, 0) is 26.0 Å². The van der Waals surface area contributed by atoms with Crippen LogP contribution in [0.3, 0.4) is 0 Å². The van der Waals surface area contributed by atoms with Crippen LogP contribution in [0.25, 0.3) is 5.69 Å². The van der Waals surface area contributed by atoms with Crippen LogP contribution in [0.15, 0.2) is 30.3 Å². The summed E-state index contributed by atoms with van der Waals surface area (Å²) in [6, 6.07) is 10.1. The van der Waals surface area contributed by atoms with Crippen molar-refractivity contribution in [3.63, 3.8) is 0 Å². The van der Waals surface area contributed by atoms with E-state index in [9.17, 15) is 4.79 Å². The van der Waals surface area contributed by atoms with E-state index in [1.165, 1.54) is 12.7 Å². The predicted octanol–water partition coefficient (Wildman–Crippen LogP) is 2.14. The number of hydrogen-bond acceptors (Lipinski definition) is 4. The molecule has 1 aromatic heterocycles. The van der Waals surface area contributed by atoms with E-state index in [4.69, 9.17) is 0 Å². The van der Waals surface area contributed by atoms with Gasteiger partial charge < -0.3 is 10.1 Å². The number of methoxy groups -OCH3 is 1. The molecule has 21 heavy (non-hydrogen) atoms. The lowest BCUT2D eigenvalue weighted by molar-refractivity contribution is -0.140.